The van der Waals surface area contributed by atoms with Gasteiger partial charge in [-0.1, -0.05) is 19.4 Å². The van der Waals surface area contributed by atoms with Gasteiger partial charge in [0.05, 0.1) is 7.11 Å². The first-order chi connectivity index (χ1) is 9.56. The van der Waals surface area contributed by atoms with Gasteiger partial charge in [-0.05, 0) is 80.8 Å². The van der Waals surface area contributed by atoms with Gasteiger partial charge in [0.2, 0.25) is 0 Å². The van der Waals surface area contributed by atoms with Gasteiger partial charge in [0.1, 0.15) is 5.75 Å². The van der Waals surface area contributed by atoms with Crippen LogP contribution in [0.25, 0.3) is 0 Å². The highest BCUT2D eigenvalue weighted by Crippen LogP contribution is 2.42. The molecule has 20 heavy (non-hydrogen) atoms. The fourth-order valence-electron chi connectivity index (χ4n) is 3.76. The van der Waals surface area contributed by atoms with E-state index < -0.39 is 0 Å². The van der Waals surface area contributed by atoms with E-state index >= 15 is 0 Å². The van der Waals surface area contributed by atoms with E-state index in [4.69, 9.17) is 4.74 Å². The highest BCUT2D eigenvalue weighted by atomic mass is 16.5. The van der Waals surface area contributed by atoms with Crippen LogP contribution in [0.15, 0.2) is 12.1 Å². The fraction of sp³-hybridized carbons (Fsp3) is 0.667. The van der Waals surface area contributed by atoms with Gasteiger partial charge in [0, 0.05) is 0 Å². The Labute approximate surface area is 123 Å². The highest BCUT2D eigenvalue weighted by molar-refractivity contribution is 5.43. The van der Waals surface area contributed by atoms with Crippen molar-refractivity contribution in [3.05, 3.63) is 28.8 Å². The Morgan fingerprint density at radius 3 is 2.60 bits per heavy atom. The fourth-order valence-corrected chi connectivity index (χ4v) is 3.76. The van der Waals surface area contributed by atoms with Crippen molar-refractivity contribution in [3.63, 3.8) is 0 Å². The Morgan fingerprint density at radius 1 is 1.20 bits per heavy atom. The number of hydrogen-bond donors (Lipinski definition) is 1. The summed E-state index contributed by atoms with van der Waals surface area (Å²) >= 11 is 0. The van der Waals surface area contributed by atoms with E-state index in [2.05, 4.69) is 45.3 Å². The van der Waals surface area contributed by atoms with E-state index in [1.807, 2.05) is 0 Å². The van der Waals surface area contributed by atoms with Crippen LogP contribution in [0.4, 0.5) is 0 Å². The third-order valence-corrected chi connectivity index (χ3v) is 4.90. The number of benzene rings is 1. The first-order valence-electron chi connectivity index (χ1n) is 7.86. The third kappa shape index (κ3) is 3.17. The first-order valence-corrected chi connectivity index (χ1v) is 7.86. The second kappa shape index (κ2) is 6.62. The van der Waals surface area contributed by atoms with Crippen molar-refractivity contribution in [2.45, 2.75) is 46.0 Å². The molecule has 0 spiro atoms. The number of nitrogens with one attached hydrogen (secondary N) is 1. The molecule has 0 bridgehead atoms. The van der Waals surface area contributed by atoms with Crippen molar-refractivity contribution >= 4 is 0 Å². The third-order valence-electron chi connectivity index (χ3n) is 4.90. The second-order valence-electron chi connectivity index (χ2n) is 6.52. The van der Waals surface area contributed by atoms with Gasteiger partial charge >= 0.3 is 0 Å². The lowest BCUT2D eigenvalue weighted by Crippen LogP contribution is -2.30. The molecule has 0 aliphatic heterocycles. The van der Waals surface area contributed by atoms with Crippen LogP contribution < -0.4 is 10.1 Å². The molecule has 2 rings (SSSR count). The molecular formula is C18H29NO. The SMILES string of the molecule is CNCC1CCC(C)CC1c1cc(C)c(OC)cc1C. The van der Waals surface area contributed by atoms with Gasteiger partial charge in [-0.25, -0.2) is 0 Å². The predicted molar refractivity (Wildman–Crippen MR) is 85.6 cm³/mol. The van der Waals surface area contributed by atoms with Gasteiger partial charge < -0.3 is 10.1 Å². The summed E-state index contributed by atoms with van der Waals surface area (Å²) in [5.41, 5.74) is 4.18. The molecule has 112 valence electrons. The lowest BCUT2D eigenvalue weighted by Gasteiger charge is -2.36. The molecule has 0 amide bonds. The molecule has 0 aromatic heterocycles. The quantitative estimate of drug-likeness (QED) is 0.895. The van der Waals surface area contributed by atoms with E-state index in [0.717, 1.165) is 24.1 Å². The number of aryl methyl sites for hydroxylation is 2. The summed E-state index contributed by atoms with van der Waals surface area (Å²) in [7, 11) is 3.83. The Morgan fingerprint density at radius 2 is 1.95 bits per heavy atom. The van der Waals surface area contributed by atoms with Crippen LogP contribution in [0.1, 0.15) is 48.8 Å². The molecule has 1 aromatic carbocycles. The zero-order valence-corrected chi connectivity index (χ0v) is 13.6. The molecule has 0 heterocycles. The van der Waals surface area contributed by atoms with Crippen molar-refractivity contribution in [2.75, 3.05) is 20.7 Å². The van der Waals surface area contributed by atoms with Gasteiger partial charge in [0.15, 0.2) is 0 Å². The monoisotopic (exact) mass is 275 g/mol. The minimum Gasteiger partial charge on any atom is -0.496 e. The Bertz CT molecular complexity index is 455. The highest BCUT2D eigenvalue weighted by Gasteiger charge is 2.30. The van der Waals surface area contributed by atoms with E-state index in [-0.39, 0.29) is 0 Å². The van der Waals surface area contributed by atoms with Crippen molar-refractivity contribution < 1.29 is 4.74 Å². The topological polar surface area (TPSA) is 21.3 Å². The van der Waals surface area contributed by atoms with Crippen LogP contribution in [0.2, 0.25) is 0 Å². The minimum absolute atomic E-state index is 0.691. The van der Waals surface area contributed by atoms with E-state index in [1.165, 1.54) is 36.0 Å². The summed E-state index contributed by atoms with van der Waals surface area (Å²) in [5.74, 6) is 3.31. The Kier molecular flexibility index (Phi) is 5.09. The molecule has 3 atom stereocenters. The maximum absolute atomic E-state index is 5.45. The number of ether oxygens (including phenoxy) is 1. The van der Waals surface area contributed by atoms with E-state index in [0.29, 0.717) is 5.92 Å². The standard InChI is InChI=1S/C18H29NO/c1-12-6-7-15(11-19-4)17(8-12)16-9-14(3)18(20-5)10-13(16)2/h9-10,12,15,17,19H,6-8,11H2,1-5H3. The minimum atomic E-state index is 0.691. The molecule has 2 nitrogen and oxygen atoms in total. The maximum Gasteiger partial charge on any atom is 0.122 e. The molecule has 1 aliphatic rings. The van der Waals surface area contributed by atoms with Crippen LogP contribution in [-0.2, 0) is 0 Å². The molecule has 1 saturated carbocycles. The van der Waals surface area contributed by atoms with Gasteiger partial charge in [0.25, 0.3) is 0 Å². The maximum atomic E-state index is 5.45. The van der Waals surface area contributed by atoms with Crippen LogP contribution in [-0.4, -0.2) is 20.7 Å². The number of methoxy groups -OCH3 is 1. The lowest BCUT2D eigenvalue weighted by atomic mass is 9.70. The normalized spacial score (nSPS) is 26.6. The summed E-state index contributed by atoms with van der Waals surface area (Å²) in [6.45, 7) is 7.91. The van der Waals surface area contributed by atoms with Gasteiger partial charge in [-0.15, -0.1) is 0 Å². The van der Waals surface area contributed by atoms with E-state index in [1.54, 1.807) is 7.11 Å². The predicted octanol–water partition coefficient (Wildman–Crippen LogP) is 4.05. The second-order valence-corrected chi connectivity index (χ2v) is 6.52. The van der Waals surface area contributed by atoms with Crippen LogP contribution in [0.3, 0.4) is 0 Å². The van der Waals surface area contributed by atoms with Crippen LogP contribution in [0, 0.1) is 25.7 Å². The molecule has 1 aromatic rings. The molecule has 1 N–H and O–H groups in total. The molecule has 0 saturated heterocycles. The van der Waals surface area contributed by atoms with Crippen molar-refractivity contribution in [3.8, 4) is 5.75 Å². The molecular weight excluding hydrogens is 246 g/mol. The van der Waals surface area contributed by atoms with Gasteiger partial charge in [-0.3, -0.25) is 0 Å². The van der Waals surface area contributed by atoms with Crippen molar-refractivity contribution in [1.82, 2.24) is 5.32 Å². The Hall–Kier alpha value is -1.02. The molecule has 1 aliphatic carbocycles. The zero-order valence-electron chi connectivity index (χ0n) is 13.6. The van der Waals surface area contributed by atoms with Crippen LogP contribution in [0.5, 0.6) is 5.75 Å². The smallest absolute Gasteiger partial charge is 0.122 e. The lowest BCUT2D eigenvalue weighted by molar-refractivity contribution is 0.244. The first kappa shape index (κ1) is 15.4. The largest absolute Gasteiger partial charge is 0.496 e. The molecule has 2 heteroatoms. The van der Waals surface area contributed by atoms with Crippen LogP contribution >= 0.6 is 0 Å². The summed E-state index contributed by atoms with van der Waals surface area (Å²) in [6.07, 6.45) is 4.03. The molecule has 0 radical (unpaired) electrons. The average Bonchev–Trinajstić information content (AvgIpc) is 2.43. The number of hydrogen-bond acceptors (Lipinski definition) is 2. The van der Waals surface area contributed by atoms with Crippen molar-refractivity contribution in [2.24, 2.45) is 11.8 Å². The summed E-state index contributed by atoms with van der Waals surface area (Å²) < 4.78 is 5.45. The average molecular weight is 275 g/mol. The Balaban J connectivity index is 2.33. The molecule has 3 unspecified atom stereocenters. The zero-order chi connectivity index (χ0) is 14.7. The number of rotatable bonds is 4. The molecule has 1 fully saturated rings. The van der Waals surface area contributed by atoms with Crippen molar-refractivity contribution in [1.29, 1.82) is 0 Å². The van der Waals surface area contributed by atoms with E-state index in [9.17, 15) is 0 Å². The summed E-state index contributed by atoms with van der Waals surface area (Å²) in [6, 6.07) is 4.57. The summed E-state index contributed by atoms with van der Waals surface area (Å²) in [4.78, 5) is 0. The summed E-state index contributed by atoms with van der Waals surface area (Å²) in [5, 5.41) is 3.38. The van der Waals surface area contributed by atoms with Gasteiger partial charge in [-0.2, -0.15) is 0 Å².